The van der Waals surface area contributed by atoms with Crippen LogP contribution in [0.4, 0.5) is 0 Å². The van der Waals surface area contributed by atoms with E-state index in [9.17, 15) is 0 Å². The first kappa shape index (κ1) is 16.4. The first-order valence-electron chi connectivity index (χ1n) is 6.03. The van der Waals surface area contributed by atoms with Crippen molar-refractivity contribution in [2.45, 2.75) is 47.6 Å². The summed E-state index contributed by atoms with van der Waals surface area (Å²) in [5, 5.41) is 3.51. The van der Waals surface area contributed by atoms with Gasteiger partial charge in [-0.3, -0.25) is 0 Å². The van der Waals surface area contributed by atoms with E-state index in [-0.39, 0.29) is 0 Å². The van der Waals surface area contributed by atoms with Gasteiger partial charge in [-0.1, -0.05) is 41.5 Å². The maximum Gasteiger partial charge on any atom is 0.0217 e. The fourth-order valence-electron chi connectivity index (χ4n) is 1.24. The largest absolute Gasteiger partial charge is 0.313 e. The van der Waals surface area contributed by atoms with Crippen molar-refractivity contribution in [3.63, 3.8) is 0 Å². The van der Waals surface area contributed by atoms with Crippen LogP contribution in [0.2, 0.25) is 0 Å². The highest BCUT2D eigenvalue weighted by Gasteiger charge is 2.12. The van der Waals surface area contributed by atoms with Gasteiger partial charge in [0.2, 0.25) is 0 Å². The SMILES string of the molecule is CC.CCNC(CN(C)CC)C(C)C. The number of hydrogen-bond donors (Lipinski definition) is 1. The minimum Gasteiger partial charge on any atom is -0.313 e. The van der Waals surface area contributed by atoms with E-state index in [1.165, 1.54) is 0 Å². The van der Waals surface area contributed by atoms with Gasteiger partial charge in [-0.15, -0.1) is 0 Å². The van der Waals surface area contributed by atoms with E-state index >= 15 is 0 Å². The molecule has 0 aromatic carbocycles. The second kappa shape index (κ2) is 11.0. The van der Waals surface area contributed by atoms with Crippen molar-refractivity contribution in [1.29, 1.82) is 0 Å². The molecule has 1 unspecified atom stereocenters. The molecule has 2 nitrogen and oxygen atoms in total. The predicted molar refractivity (Wildman–Crippen MR) is 66.8 cm³/mol. The Morgan fingerprint density at radius 3 is 1.93 bits per heavy atom. The molecule has 0 amide bonds. The third-order valence-electron chi connectivity index (χ3n) is 2.32. The summed E-state index contributed by atoms with van der Waals surface area (Å²) >= 11 is 0. The van der Waals surface area contributed by atoms with Gasteiger partial charge in [-0.25, -0.2) is 0 Å². The van der Waals surface area contributed by atoms with Gasteiger partial charge in [0, 0.05) is 12.6 Å². The zero-order chi connectivity index (χ0) is 11.6. The van der Waals surface area contributed by atoms with Crippen LogP contribution in [0.5, 0.6) is 0 Å². The Hall–Kier alpha value is -0.0800. The second-order valence-corrected chi connectivity index (χ2v) is 3.76. The lowest BCUT2D eigenvalue weighted by atomic mass is 10.0. The zero-order valence-corrected chi connectivity index (χ0v) is 11.2. The summed E-state index contributed by atoms with van der Waals surface area (Å²) in [5.74, 6) is 0.721. The molecule has 0 saturated heterocycles. The minimum absolute atomic E-state index is 0.639. The summed E-state index contributed by atoms with van der Waals surface area (Å²) in [6.07, 6.45) is 0. The molecule has 0 aromatic rings. The van der Waals surface area contributed by atoms with Crippen LogP contribution in [-0.2, 0) is 0 Å². The average molecular weight is 202 g/mol. The van der Waals surface area contributed by atoms with Crippen molar-refractivity contribution in [2.75, 3.05) is 26.7 Å². The standard InChI is InChI=1S/C10H24N2.C2H6/c1-6-11-10(9(3)4)8-12(5)7-2;1-2/h9-11H,6-8H2,1-5H3;1-2H3. The third-order valence-corrected chi connectivity index (χ3v) is 2.32. The molecule has 0 radical (unpaired) electrons. The van der Waals surface area contributed by atoms with E-state index in [1.807, 2.05) is 13.8 Å². The molecular weight excluding hydrogens is 172 g/mol. The molecule has 1 N–H and O–H groups in total. The van der Waals surface area contributed by atoms with Crippen molar-refractivity contribution in [3.8, 4) is 0 Å². The first-order chi connectivity index (χ1) is 6.61. The number of nitrogens with one attached hydrogen (secondary N) is 1. The molecule has 0 aliphatic rings. The van der Waals surface area contributed by atoms with E-state index in [1.54, 1.807) is 0 Å². The fraction of sp³-hybridized carbons (Fsp3) is 1.00. The maximum absolute atomic E-state index is 3.51. The summed E-state index contributed by atoms with van der Waals surface area (Å²) < 4.78 is 0. The van der Waals surface area contributed by atoms with Crippen molar-refractivity contribution in [1.82, 2.24) is 10.2 Å². The molecule has 0 aromatic heterocycles. The van der Waals surface area contributed by atoms with Crippen molar-refractivity contribution < 1.29 is 0 Å². The Balaban J connectivity index is 0. The minimum atomic E-state index is 0.639. The Bertz CT molecular complexity index is 102. The molecule has 0 heterocycles. The van der Waals surface area contributed by atoms with Crippen LogP contribution in [0.25, 0.3) is 0 Å². The monoisotopic (exact) mass is 202 g/mol. The molecule has 0 fully saturated rings. The lowest BCUT2D eigenvalue weighted by molar-refractivity contribution is 0.266. The predicted octanol–water partition coefficient (Wildman–Crippen LogP) is 2.60. The van der Waals surface area contributed by atoms with E-state index < -0.39 is 0 Å². The molecule has 0 aliphatic heterocycles. The number of nitrogens with zero attached hydrogens (tertiary/aromatic N) is 1. The normalized spacial score (nSPS) is 12.6. The highest BCUT2D eigenvalue weighted by atomic mass is 15.1. The van der Waals surface area contributed by atoms with Crippen LogP contribution in [-0.4, -0.2) is 37.6 Å². The molecule has 88 valence electrons. The van der Waals surface area contributed by atoms with Gasteiger partial charge >= 0.3 is 0 Å². The molecule has 0 spiro atoms. The van der Waals surface area contributed by atoms with E-state index in [4.69, 9.17) is 0 Å². The molecule has 14 heavy (non-hydrogen) atoms. The second-order valence-electron chi connectivity index (χ2n) is 3.76. The van der Waals surface area contributed by atoms with Crippen LogP contribution in [0.3, 0.4) is 0 Å². The van der Waals surface area contributed by atoms with Crippen LogP contribution in [0.1, 0.15) is 41.5 Å². The first-order valence-corrected chi connectivity index (χ1v) is 6.03. The Morgan fingerprint density at radius 2 is 1.64 bits per heavy atom. The summed E-state index contributed by atoms with van der Waals surface area (Å²) in [4.78, 5) is 2.35. The van der Waals surface area contributed by atoms with E-state index in [2.05, 4.69) is 45.0 Å². The Kier molecular flexibility index (Phi) is 12.8. The van der Waals surface area contributed by atoms with Crippen molar-refractivity contribution in [3.05, 3.63) is 0 Å². The van der Waals surface area contributed by atoms with Gasteiger partial charge in [0.1, 0.15) is 0 Å². The smallest absolute Gasteiger partial charge is 0.0217 e. The molecule has 2 heteroatoms. The summed E-state index contributed by atoms with van der Waals surface area (Å²) in [7, 11) is 2.17. The number of hydrogen-bond acceptors (Lipinski definition) is 2. The summed E-state index contributed by atoms with van der Waals surface area (Å²) in [6, 6.07) is 0.639. The quantitative estimate of drug-likeness (QED) is 0.712. The lowest BCUT2D eigenvalue weighted by Gasteiger charge is -2.26. The van der Waals surface area contributed by atoms with Crippen molar-refractivity contribution >= 4 is 0 Å². The topological polar surface area (TPSA) is 15.3 Å². The average Bonchev–Trinajstić information content (AvgIpc) is 2.19. The third kappa shape index (κ3) is 8.52. The fourth-order valence-corrected chi connectivity index (χ4v) is 1.24. The molecule has 0 aliphatic carbocycles. The van der Waals surface area contributed by atoms with Gasteiger partial charge in [-0.05, 0) is 26.1 Å². The molecule has 0 saturated carbocycles. The van der Waals surface area contributed by atoms with Gasteiger partial charge in [0.25, 0.3) is 0 Å². The summed E-state index contributed by atoms with van der Waals surface area (Å²) in [5.41, 5.74) is 0. The molecular formula is C12H30N2. The lowest BCUT2D eigenvalue weighted by Crippen LogP contribution is -2.42. The number of likely N-dealkylation sites (N-methyl/N-ethyl adjacent to an activating group) is 2. The highest BCUT2D eigenvalue weighted by molar-refractivity contribution is 4.72. The van der Waals surface area contributed by atoms with Gasteiger partial charge in [0.15, 0.2) is 0 Å². The van der Waals surface area contributed by atoms with Crippen molar-refractivity contribution in [2.24, 2.45) is 5.92 Å². The van der Waals surface area contributed by atoms with Crippen LogP contribution in [0, 0.1) is 5.92 Å². The molecule has 0 bridgehead atoms. The van der Waals surface area contributed by atoms with E-state index in [0.29, 0.717) is 6.04 Å². The summed E-state index contributed by atoms with van der Waals surface area (Å²) in [6.45, 7) is 16.3. The molecule has 0 rings (SSSR count). The zero-order valence-electron chi connectivity index (χ0n) is 11.2. The van der Waals surface area contributed by atoms with Gasteiger partial charge in [0.05, 0.1) is 0 Å². The van der Waals surface area contributed by atoms with Gasteiger partial charge in [-0.2, -0.15) is 0 Å². The highest BCUT2D eigenvalue weighted by Crippen LogP contribution is 2.02. The number of rotatable bonds is 6. The Morgan fingerprint density at radius 1 is 1.14 bits per heavy atom. The van der Waals surface area contributed by atoms with Gasteiger partial charge < -0.3 is 10.2 Å². The maximum atomic E-state index is 3.51. The van der Waals surface area contributed by atoms with Crippen LogP contribution < -0.4 is 5.32 Å². The Labute approximate surface area is 91.1 Å². The van der Waals surface area contributed by atoms with Crippen LogP contribution >= 0.6 is 0 Å². The molecule has 1 atom stereocenters. The van der Waals surface area contributed by atoms with Crippen LogP contribution in [0.15, 0.2) is 0 Å². The van der Waals surface area contributed by atoms with E-state index in [0.717, 1.165) is 25.6 Å².